The molecule has 0 radical (unpaired) electrons. The molecule has 0 saturated carbocycles. The fourth-order valence-corrected chi connectivity index (χ4v) is 1.99. The Labute approximate surface area is 121 Å². The Morgan fingerprint density at radius 2 is 2.00 bits per heavy atom. The summed E-state index contributed by atoms with van der Waals surface area (Å²) in [7, 11) is 1.69. The van der Waals surface area contributed by atoms with E-state index in [0.717, 1.165) is 43.7 Å². The van der Waals surface area contributed by atoms with Gasteiger partial charge in [0, 0.05) is 25.3 Å². The van der Waals surface area contributed by atoms with E-state index in [1.165, 1.54) is 6.07 Å². The molecule has 114 valence electrons. The van der Waals surface area contributed by atoms with Crippen molar-refractivity contribution in [3.05, 3.63) is 29.6 Å². The van der Waals surface area contributed by atoms with E-state index in [9.17, 15) is 4.39 Å². The Hall–Kier alpha value is -1.13. The molecule has 20 heavy (non-hydrogen) atoms. The van der Waals surface area contributed by atoms with Crippen LogP contribution in [-0.4, -0.2) is 26.9 Å². The Balaban J connectivity index is 2.59. The first-order chi connectivity index (χ1) is 9.69. The van der Waals surface area contributed by atoms with Crippen molar-refractivity contribution in [2.24, 2.45) is 0 Å². The smallest absolute Gasteiger partial charge is 0.124 e. The van der Waals surface area contributed by atoms with Gasteiger partial charge in [-0.05, 0) is 50.9 Å². The summed E-state index contributed by atoms with van der Waals surface area (Å²) in [4.78, 5) is 0. The number of halogens is 1. The van der Waals surface area contributed by atoms with Crippen molar-refractivity contribution in [2.45, 2.75) is 39.2 Å². The Kier molecular flexibility index (Phi) is 8.23. The molecule has 1 atom stereocenters. The van der Waals surface area contributed by atoms with Crippen LogP contribution in [-0.2, 0) is 4.74 Å². The van der Waals surface area contributed by atoms with Gasteiger partial charge in [0.1, 0.15) is 11.6 Å². The van der Waals surface area contributed by atoms with Crippen LogP contribution in [0.2, 0.25) is 0 Å². The molecule has 0 saturated heterocycles. The van der Waals surface area contributed by atoms with Gasteiger partial charge in [0.2, 0.25) is 0 Å². The lowest BCUT2D eigenvalue weighted by molar-refractivity contribution is 0.184. The molecule has 0 aromatic heterocycles. The summed E-state index contributed by atoms with van der Waals surface area (Å²) in [5.74, 6) is 0.539. The first-order valence-electron chi connectivity index (χ1n) is 7.33. The quantitative estimate of drug-likeness (QED) is 0.664. The molecule has 1 aromatic carbocycles. The van der Waals surface area contributed by atoms with Crippen LogP contribution in [0.25, 0.3) is 0 Å². The van der Waals surface area contributed by atoms with E-state index in [-0.39, 0.29) is 11.9 Å². The molecule has 4 heteroatoms. The number of ether oxygens (including phenoxy) is 2. The van der Waals surface area contributed by atoms with Gasteiger partial charge in [-0.3, -0.25) is 0 Å². The van der Waals surface area contributed by atoms with E-state index in [0.29, 0.717) is 6.61 Å². The van der Waals surface area contributed by atoms with Gasteiger partial charge >= 0.3 is 0 Å². The zero-order valence-electron chi connectivity index (χ0n) is 12.7. The summed E-state index contributed by atoms with van der Waals surface area (Å²) < 4.78 is 24.2. The summed E-state index contributed by atoms with van der Waals surface area (Å²) >= 11 is 0. The Bertz CT molecular complexity index is 385. The van der Waals surface area contributed by atoms with E-state index in [2.05, 4.69) is 12.2 Å². The van der Waals surface area contributed by atoms with Gasteiger partial charge in [-0.2, -0.15) is 0 Å². The zero-order valence-corrected chi connectivity index (χ0v) is 12.7. The van der Waals surface area contributed by atoms with Crippen LogP contribution in [0.5, 0.6) is 5.75 Å². The molecule has 0 amide bonds. The van der Waals surface area contributed by atoms with Crippen molar-refractivity contribution in [1.82, 2.24) is 5.32 Å². The number of hydrogen-bond donors (Lipinski definition) is 1. The van der Waals surface area contributed by atoms with Gasteiger partial charge in [-0.25, -0.2) is 4.39 Å². The second-order valence-corrected chi connectivity index (χ2v) is 4.91. The number of hydrogen-bond acceptors (Lipinski definition) is 3. The lowest BCUT2D eigenvalue weighted by Crippen LogP contribution is -2.20. The molecule has 3 nitrogen and oxygen atoms in total. The van der Waals surface area contributed by atoms with Crippen molar-refractivity contribution in [3.63, 3.8) is 0 Å². The molecule has 0 aliphatic rings. The molecule has 1 rings (SSSR count). The van der Waals surface area contributed by atoms with Gasteiger partial charge in [-0.1, -0.05) is 6.92 Å². The highest BCUT2D eigenvalue weighted by molar-refractivity contribution is 5.36. The highest BCUT2D eigenvalue weighted by atomic mass is 19.1. The largest absolute Gasteiger partial charge is 0.493 e. The Morgan fingerprint density at radius 1 is 1.25 bits per heavy atom. The van der Waals surface area contributed by atoms with Crippen LogP contribution in [0.3, 0.4) is 0 Å². The first-order valence-corrected chi connectivity index (χ1v) is 7.33. The van der Waals surface area contributed by atoms with Crippen molar-refractivity contribution < 1.29 is 13.9 Å². The predicted molar refractivity (Wildman–Crippen MR) is 79.7 cm³/mol. The topological polar surface area (TPSA) is 30.5 Å². The minimum absolute atomic E-state index is 0.0830. The number of methoxy groups -OCH3 is 1. The van der Waals surface area contributed by atoms with E-state index in [4.69, 9.17) is 9.47 Å². The van der Waals surface area contributed by atoms with E-state index in [1.54, 1.807) is 19.2 Å². The number of rotatable bonds is 10. The first kappa shape index (κ1) is 16.9. The fourth-order valence-electron chi connectivity index (χ4n) is 1.99. The summed E-state index contributed by atoms with van der Waals surface area (Å²) in [6.45, 7) is 6.42. The lowest BCUT2D eigenvalue weighted by atomic mass is 10.1. The molecule has 0 bridgehead atoms. The summed E-state index contributed by atoms with van der Waals surface area (Å²) in [6, 6.07) is 4.79. The van der Waals surface area contributed by atoms with Crippen LogP contribution in [0.15, 0.2) is 18.2 Å². The molecule has 0 heterocycles. The van der Waals surface area contributed by atoms with Crippen molar-refractivity contribution in [3.8, 4) is 5.75 Å². The standard InChI is InChI=1S/C16H26FNO2/c1-4-9-18-13(2)15-12-14(17)7-8-16(15)20-11-6-5-10-19-3/h7-8,12-13,18H,4-6,9-11H2,1-3H3. The van der Waals surface area contributed by atoms with Crippen LogP contribution in [0, 0.1) is 5.82 Å². The van der Waals surface area contributed by atoms with Crippen LogP contribution < -0.4 is 10.1 Å². The maximum atomic E-state index is 13.4. The highest BCUT2D eigenvalue weighted by Gasteiger charge is 2.12. The van der Waals surface area contributed by atoms with Gasteiger partial charge in [-0.15, -0.1) is 0 Å². The van der Waals surface area contributed by atoms with Crippen LogP contribution in [0.4, 0.5) is 4.39 Å². The maximum Gasteiger partial charge on any atom is 0.124 e. The second kappa shape index (κ2) is 9.72. The number of benzene rings is 1. The summed E-state index contributed by atoms with van der Waals surface area (Å²) in [5.41, 5.74) is 0.880. The maximum absolute atomic E-state index is 13.4. The molecule has 1 N–H and O–H groups in total. The molecule has 1 unspecified atom stereocenters. The Morgan fingerprint density at radius 3 is 2.70 bits per heavy atom. The fraction of sp³-hybridized carbons (Fsp3) is 0.625. The third kappa shape index (κ3) is 5.88. The normalized spacial score (nSPS) is 12.4. The van der Waals surface area contributed by atoms with Gasteiger partial charge < -0.3 is 14.8 Å². The average molecular weight is 283 g/mol. The second-order valence-electron chi connectivity index (χ2n) is 4.91. The van der Waals surface area contributed by atoms with Crippen LogP contribution >= 0.6 is 0 Å². The zero-order chi connectivity index (χ0) is 14.8. The minimum Gasteiger partial charge on any atom is -0.493 e. The molecular weight excluding hydrogens is 257 g/mol. The number of unbranched alkanes of at least 4 members (excludes halogenated alkanes) is 1. The van der Waals surface area contributed by atoms with Crippen LogP contribution in [0.1, 0.15) is 44.7 Å². The summed E-state index contributed by atoms with van der Waals surface area (Å²) in [6.07, 6.45) is 2.95. The molecule has 0 aliphatic carbocycles. The third-order valence-electron chi connectivity index (χ3n) is 3.14. The highest BCUT2D eigenvalue weighted by Crippen LogP contribution is 2.26. The van der Waals surface area contributed by atoms with E-state index < -0.39 is 0 Å². The van der Waals surface area contributed by atoms with Crippen molar-refractivity contribution in [2.75, 3.05) is 26.9 Å². The molecular formula is C16H26FNO2. The molecule has 0 aliphatic heterocycles. The van der Waals surface area contributed by atoms with Gasteiger partial charge in [0.15, 0.2) is 0 Å². The third-order valence-corrected chi connectivity index (χ3v) is 3.14. The average Bonchev–Trinajstić information content (AvgIpc) is 2.45. The van der Waals surface area contributed by atoms with E-state index >= 15 is 0 Å². The predicted octanol–water partition coefficient (Wildman–Crippen LogP) is 3.69. The van der Waals surface area contributed by atoms with Gasteiger partial charge in [0.25, 0.3) is 0 Å². The molecule has 0 spiro atoms. The SMILES string of the molecule is CCCNC(C)c1cc(F)ccc1OCCCCOC. The van der Waals surface area contributed by atoms with Gasteiger partial charge in [0.05, 0.1) is 6.61 Å². The summed E-state index contributed by atoms with van der Waals surface area (Å²) in [5, 5.41) is 3.36. The lowest BCUT2D eigenvalue weighted by Gasteiger charge is -2.18. The minimum atomic E-state index is -0.225. The molecule has 1 aromatic rings. The number of nitrogens with one attached hydrogen (secondary N) is 1. The van der Waals surface area contributed by atoms with E-state index in [1.807, 2.05) is 6.92 Å². The molecule has 0 fully saturated rings. The monoisotopic (exact) mass is 283 g/mol. The van der Waals surface area contributed by atoms with Crippen molar-refractivity contribution >= 4 is 0 Å². The van der Waals surface area contributed by atoms with Crippen molar-refractivity contribution in [1.29, 1.82) is 0 Å².